The molecule has 1 aromatic carbocycles. The SMILES string of the molecule is CCOC(=O)C(=O)c1cccc2c1C1CCCN1C2=O. The van der Waals surface area contributed by atoms with Crippen LogP contribution < -0.4 is 0 Å². The van der Waals surface area contributed by atoms with E-state index in [9.17, 15) is 14.4 Å². The summed E-state index contributed by atoms with van der Waals surface area (Å²) in [6, 6.07) is 4.91. The molecule has 2 aliphatic rings. The molecule has 2 heterocycles. The van der Waals surface area contributed by atoms with E-state index in [2.05, 4.69) is 0 Å². The van der Waals surface area contributed by atoms with E-state index in [0.717, 1.165) is 12.8 Å². The molecule has 1 saturated heterocycles. The second-order valence-electron chi connectivity index (χ2n) is 4.97. The van der Waals surface area contributed by atoms with Crippen LogP contribution in [0.5, 0.6) is 0 Å². The van der Waals surface area contributed by atoms with Gasteiger partial charge in [0.2, 0.25) is 0 Å². The van der Waals surface area contributed by atoms with E-state index in [4.69, 9.17) is 4.74 Å². The van der Waals surface area contributed by atoms with Crippen LogP contribution in [-0.2, 0) is 9.53 Å². The minimum Gasteiger partial charge on any atom is -0.460 e. The number of esters is 1. The summed E-state index contributed by atoms with van der Waals surface area (Å²) in [6.45, 7) is 2.53. The second-order valence-corrected chi connectivity index (χ2v) is 4.97. The lowest BCUT2D eigenvalue weighted by molar-refractivity contribution is -0.137. The zero-order chi connectivity index (χ0) is 14.3. The van der Waals surface area contributed by atoms with Crippen LogP contribution in [-0.4, -0.2) is 35.7 Å². The highest BCUT2D eigenvalue weighted by Crippen LogP contribution is 2.42. The fraction of sp³-hybridized carbons (Fsp3) is 0.400. The smallest absolute Gasteiger partial charge is 0.379 e. The molecule has 20 heavy (non-hydrogen) atoms. The van der Waals surface area contributed by atoms with Crippen LogP contribution in [0.2, 0.25) is 0 Å². The number of hydrogen-bond acceptors (Lipinski definition) is 4. The molecule has 0 radical (unpaired) electrons. The number of fused-ring (bicyclic) bond motifs is 3. The van der Waals surface area contributed by atoms with E-state index >= 15 is 0 Å². The van der Waals surface area contributed by atoms with Gasteiger partial charge in [0.15, 0.2) is 0 Å². The number of ketones is 1. The molecule has 1 fully saturated rings. The number of ether oxygens (including phenoxy) is 1. The number of nitrogens with zero attached hydrogens (tertiary/aromatic N) is 1. The maximum absolute atomic E-state index is 12.2. The first-order valence-electron chi connectivity index (χ1n) is 6.80. The fourth-order valence-corrected chi connectivity index (χ4v) is 3.08. The lowest BCUT2D eigenvalue weighted by Gasteiger charge is -2.16. The van der Waals surface area contributed by atoms with Crippen LogP contribution in [0.25, 0.3) is 0 Å². The van der Waals surface area contributed by atoms with E-state index in [-0.39, 0.29) is 18.6 Å². The Morgan fingerprint density at radius 3 is 2.95 bits per heavy atom. The predicted octanol–water partition coefficient (Wildman–Crippen LogP) is 1.72. The maximum atomic E-state index is 12.2. The van der Waals surface area contributed by atoms with Gasteiger partial charge in [-0.05, 0) is 31.4 Å². The molecular weight excluding hydrogens is 258 g/mol. The van der Waals surface area contributed by atoms with Gasteiger partial charge in [-0.15, -0.1) is 0 Å². The molecule has 0 saturated carbocycles. The molecule has 0 spiro atoms. The molecule has 1 aromatic rings. The van der Waals surface area contributed by atoms with Gasteiger partial charge in [0.1, 0.15) is 0 Å². The second kappa shape index (κ2) is 4.74. The summed E-state index contributed by atoms with van der Waals surface area (Å²) >= 11 is 0. The van der Waals surface area contributed by atoms with Gasteiger partial charge in [-0.3, -0.25) is 9.59 Å². The lowest BCUT2D eigenvalue weighted by Crippen LogP contribution is -2.23. The molecule has 104 valence electrons. The molecule has 1 amide bonds. The van der Waals surface area contributed by atoms with Crippen LogP contribution in [0.4, 0.5) is 0 Å². The minimum absolute atomic E-state index is 0.0407. The van der Waals surface area contributed by atoms with Crippen molar-refractivity contribution < 1.29 is 19.1 Å². The molecule has 0 bridgehead atoms. The van der Waals surface area contributed by atoms with Gasteiger partial charge in [-0.2, -0.15) is 0 Å². The van der Waals surface area contributed by atoms with Gasteiger partial charge in [0, 0.05) is 17.7 Å². The van der Waals surface area contributed by atoms with E-state index in [1.54, 1.807) is 30.0 Å². The van der Waals surface area contributed by atoms with Crippen molar-refractivity contribution >= 4 is 17.7 Å². The lowest BCUT2D eigenvalue weighted by atomic mass is 9.94. The number of hydrogen-bond donors (Lipinski definition) is 0. The molecular formula is C15H15NO4. The third-order valence-electron chi connectivity index (χ3n) is 3.89. The summed E-state index contributed by atoms with van der Waals surface area (Å²) in [7, 11) is 0. The molecule has 0 N–H and O–H groups in total. The Hall–Kier alpha value is -2.17. The van der Waals surface area contributed by atoms with Crippen molar-refractivity contribution in [3.63, 3.8) is 0 Å². The highest BCUT2D eigenvalue weighted by atomic mass is 16.5. The average molecular weight is 273 g/mol. The third kappa shape index (κ3) is 1.73. The van der Waals surface area contributed by atoms with Crippen LogP contribution in [0, 0.1) is 0 Å². The van der Waals surface area contributed by atoms with Gasteiger partial charge in [-0.1, -0.05) is 12.1 Å². The topological polar surface area (TPSA) is 63.7 Å². The number of carbonyl (C=O) groups is 3. The summed E-state index contributed by atoms with van der Waals surface area (Å²) in [5.74, 6) is -1.56. The summed E-state index contributed by atoms with van der Waals surface area (Å²) in [5, 5.41) is 0. The molecule has 3 rings (SSSR count). The van der Waals surface area contributed by atoms with Crippen LogP contribution in [0.1, 0.15) is 52.1 Å². The van der Waals surface area contributed by atoms with Crippen LogP contribution in [0.15, 0.2) is 18.2 Å². The average Bonchev–Trinajstić information content (AvgIpc) is 3.02. The monoisotopic (exact) mass is 273 g/mol. The first kappa shape index (κ1) is 12.8. The van der Waals surface area contributed by atoms with E-state index in [1.165, 1.54) is 0 Å². The molecule has 0 aliphatic carbocycles. The normalized spacial score (nSPS) is 19.8. The van der Waals surface area contributed by atoms with Gasteiger partial charge >= 0.3 is 5.97 Å². The number of Topliss-reactive ketones (excluding diaryl/α,β-unsaturated/α-hetero) is 1. The first-order valence-corrected chi connectivity index (χ1v) is 6.80. The molecule has 1 atom stereocenters. The zero-order valence-electron chi connectivity index (χ0n) is 11.2. The molecule has 1 unspecified atom stereocenters. The predicted molar refractivity (Wildman–Crippen MR) is 70.4 cm³/mol. The molecule has 2 aliphatic heterocycles. The Bertz CT molecular complexity index is 608. The van der Waals surface area contributed by atoms with E-state index < -0.39 is 11.8 Å². The van der Waals surface area contributed by atoms with Gasteiger partial charge < -0.3 is 9.64 Å². The maximum Gasteiger partial charge on any atom is 0.379 e. The molecule has 5 nitrogen and oxygen atoms in total. The van der Waals surface area contributed by atoms with Crippen LogP contribution in [0.3, 0.4) is 0 Å². The van der Waals surface area contributed by atoms with Crippen molar-refractivity contribution in [3.8, 4) is 0 Å². The van der Waals surface area contributed by atoms with Crippen LogP contribution >= 0.6 is 0 Å². The van der Waals surface area contributed by atoms with Gasteiger partial charge in [0.25, 0.3) is 11.7 Å². The van der Waals surface area contributed by atoms with Crippen molar-refractivity contribution in [1.29, 1.82) is 0 Å². The van der Waals surface area contributed by atoms with Gasteiger partial charge in [0.05, 0.1) is 12.6 Å². The van der Waals surface area contributed by atoms with Crippen molar-refractivity contribution in [2.24, 2.45) is 0 Å². The Balaban J connectivity index is 2.05. The number of rotatable bonds is 3. The summed E-state index contributed by atoms with van der Waals surface area (Å²) < 4.78 is 4.77. The van der Waals surface area contributed by atoms with E-state index in [0.29, 0.717) is 23.2 Å². The zero-order valence-corrected chi connectivity index (χ0v) is 11.2. The first-order chi connectivity index (χ1) is 9.65. The quantitative estimate of drug-likeness (QED) is 0.478. The Morgan fingerprint density at radius 2 is 2.20 bits per heavy atom. The summed E-state index contributed by atoms with van der Waals surface area (Å²) in [6.07, 6.45) is 1.77. The summed E-state index contributed by atoms with van der Waals surface area (Å²) in [4.78, 5) is 37.9. The Kier molecular flexibility index (Phi) is 3.04. The van der Waals surface area contributed by atoms with Crippen molar-refractivity contribution in [1.82, 2.24) is 4.90 Å². The largest absolute Gasteiger partial charge is 0.460 e. The molecule has 0 aromatic heterocycles. The summed E-state index contributed by atoms with van der Waals surface area (Å²) in [5.41, 5.74) is 1.56. The van der Waals surface area contributed by atoms with E-state index in [1.807, 2.05) is 0 Å². The van der Waals surface area contributed by atoms with Crippen molar-refractivity contribution in [2.45, 2.75) is 25.8 Å². The Morgan fingerprint density at radius 1 is 1.40 bits per heavy atom. The third-order valence-corrected chi connectivity index (χ3v) is 3.89. The minimum atomic E-state index is -0.857. The molecule has 5 heteroatoms. The van der Waals surface area contributed by atoms with Crippen molar-refractivity contribution in [2.75, 3.05) is 13.2 Å². The fourth-order valence-electron chi connectivity index (χ4n) is 3.08. The van der Waals surface area contributed by atoms with Gasteiger partial charge in [-0.25, -0.2) is 4.79 Å². The Labute approximate surface area is 116 Å². The highest BCUT2D eigenvalue weighted by Gasteiger charge is 2.42. The number of amides is 1. The highest BCUT2D eigenvalue weighted by molar-refractivity contribution is 6.41. The number of carbonyl (C=O) groups excluding carboxylic acids is 3. The number of benzene rings is 1. The van der Waals surface area contributed by atoms with Crippen molar-refractivity contribution in [3.05, 3.63) is 34.9 Å². The standard InChI is InChI=1S/C15H15NO4/c1-2-20-15(19)13(17)9-5-3-6-10-12(9)11-7-4-8-16(11)14(10)18/h3,5-6,11H,2,4,7-8H2,1H3.